The molecule has 0 radical (unpaired) electrons. The third-order valence-corrected chi connectivity index (χ3v) is 6.33. The first-order valence-electron chi connectivity index (χ1n) is 6.81. The average Bonchev–Trinajstić information content (AvgIpc) is 2.81. The fourth-order valence-electron chi connectivity index (χ4n) is 2.25. The van der Waals surface area contributed by atoms with Gasteiger partial charge in [0.15, 0.2) is 20.6 Å². The minimum Gasteiger partial charge on any atom is -0.354 e. The van der Waals surface area contributed by atoms with E-state index in [1.807, 2.05) is 0 Å². The van der Waals surface area contributed by atoms with Gasteiger partial charge in [0.05, 0.1) is 11.4 Å². The Hall–Kier alpha value is -1.92. The van der Waals surface area contributed by atoms with Crippen molar-refractivity contribution >= 4 is 31.6 Å². The maximum absolute atomic E-state index is 12.6. The van der Waals surface area contributed by atoms with Crippen molar-refractivity contribution in [3.05, 3.63) is 35.0 Å². The molecule has 0 aliphatic carbocycles. The number of hydrogen-bond donors (Lipinski definition) is 0. The molecule has 0 bridgehead atoms. The molecule has 1 aliphatic heterocycles. The van der Waals surface area contributed by atoms with Crippen LogP contribution in [0.15, 0.2) is 29.2 Å². The third kappa shape index (κ3) is 3.35. The Morgan fingerprint density at radius 1 is 1.19 bits per heavy atom. The summed E-state index contributed by atoms with van der Waals surface area (Å²) in [7, 11) is -10.2. The van der Waals surface area contributed by atoms with Crippen LogP contribution in [0.2, 0.25) is 5.02 Å². The molecule has 13 heteroatoms. The van der Waals surface area contributed by atoms with Crippen molar-refractivity contribution in [3.8, 4) is 17.3 Å². The summed E-state index contributed by atoms with van der Waals surface area (Å²) in [4.78, 5) is 6.85. The van der Waals surface area contributed by atoms with Gasteiger partial charge in [-0.3, -0.25) is 0 Å². The highest BCUT2D eigenvalue weighted by atomic mass is 35.5. The largest absolute Gasteiger partial charge is 0.534 e. The summed E-state index contributed by atoms with van der Waals surface area (Å²) >= 11 is 5.84. The molecule has 0 spiro atoms. The van der Waals surface area contributed by atoms with Crippen LogP contribution in [0.3, 0.4) is 0 Å². The quantitative estimate of drug-likeness (QED) is 0.546. The number of fused-ring (bicyclic) bond motifs is 1. The molecule has 7 nitrogen and oxygen atoms in total. The monoisotopic (exact) mass is 428 g/mol. The topological polar surface area (TPSA) is 103 Å². The first kappa shape index (κ1) is 18.9. The second-order valence-electron chi connectivity index (χ2n) is 5.19. The molecule has 26 heavy (non-hydrogen) atoms. The van der Waals surface area contributed by atoms with Crippen LogP contribution in [0.25, 0.3) is 11.4 Å². The highest BCUT2D eigenvalue weighted by Gasteiger charge is 2.50. The second kappa shape index (κ2) is 6.06. The Balaban J connectivity index is 2.22. The van der Waals surface area contributed by atoms with E-state index in [4.69, 9.17) is 11.6 Å². The molecular formula is C13H8ClF3N2O5S2. The van der Waals surface area contributed by atoms with Crippen LogP contribution in [0.5, 0.6) is 5.88 Å². The van der Waals surface area contributed by atoms with Crippen molar-refractivity contribution < 1.29 is 34.2 Å². The van der Waals surface area contributed by atoms with Gasteiger partial charge >= 0.3 is 15.6 Å². The van der Waals surface area contributed by atoms with Crippen LogP contribution in [0, 0.1) is 0 Å². The predicted octanol–water partition coefficient (Wildman–Crippen LogP) is 2.36. The summed E-state index contributed by atoms with van der Waals surface area (Å²) in [6.07, 6.45) is -0.115. The van der Waals surface area contributed by atoms with E-state index in [1.54, 1.807) is 0 Å². The van der Waals surface area contributed by atoms with Crippen molar-refractivity contribution in [2.75, 3.05) is 5.75 Å². The average molecular weight is 429 g/mol. The van der Waals surface area contributed by atoms with Crippen LogP contribution in [-0.2, 0) is 26.4 Å². The SMILES string of the molecule is O=S1(=O)CCc2nc(-c3cccc(Cl)c3)nc(OS(=O)(=O)C(F)(F)F)c21. The van der Waals surface area contributed by atoms with Gasteiger partial charge in [-0.25, -0.2) is 13.4 Å². The Kier molecular flexibility index (Phi) is 4.40. The van der Waals surface area contributed by atoms with E-state index in [1.165, 1.54) is 24.3 Å². The van der Waals surface area contributed by atoms with Gasteiger partial charge in [0, 0.05) is 17.0 Å². The maximum Gasteiger partial charge on any atom is 0.534 e. The van der Waals surface area contributed by atoms with Gasteiger partial charge in [-0.05, 0) is 12.1 Å². The minimum atomic E-state index is -6.11. The molecule has 0 saturated carbocycles. The number of aryl methyl sites for hydroxylation is 1. The van der Waals surface area contributed by atoms with Crippen molar-refractivity contribution in [3.63, 3.8) is 0 Å². The van der Waals surface area contributed by atoms with E-state index in [-0.39, 0.29) is 28.5 Å². The molecule has 0 unspecified atom stereocenters. The van der Waals surface area contributed by atoms with Crippen LogP contribution >= 0.6 is 11.6 Å². The molecule has 0 fully saturated rings. The van der Waals surface area contributed by atoms with Gasteiger partial charge < -0.3 is 4.18 Å². The number of hydrogen-bond acceptors (Lipinski definition) is 7. The molecule has 1 aromatic carbocycles. The lowest BCUT2D eigenvalue weighted by molar-refractivity contribution is -0.0502. The Labute approximate surface area is 150 Å². The van der Waals surface area contributed by atoms with Gasteiger partial charge in [0.2, 0.25) is 0 Å². The highest BCUT2D eigenvalue weighted by Crippen LogP contribution is 2.37. The summed E-state index contributed by atoms with van der Waals surface area (Å²) in [5.41, 5.74) is -5.62. The van der Waals surface area contributed by atoms with E-state index in [0.717, 1.165) is 0 Å². The Bertz CT molecular complexity index is 1100. The van der Waals surface area contributed by atoms with Crippen molar-refractivity contribution in [1.29, 1.82) is 0 Å². The van der Waals surface area contributed by atoms with Crippen LogP contribution in [-0.4, -0.2) is 38.1 Å². The van der Waals surface area contributed by atoms with Crippen LogP contribution in [0.1, 0.15) is 5.69 Å². The zero-order valence-electron chi connectivity index (χ0n) is 12.5. The summed E-state index contributed by atoms with van der Waals surface area (Å²) in [5, 5.41) is 0.268. The van der Waals surface area contributed by atoms with E-state index < -0.39 is 42.0 Å². The molecule has 3 rings (SSSR count). The molecule has 140 valence electrons. The first-order valence-corrected chi connectivity index (χ1v) is 10.2. The number of rotatable bonds is 3. The van der Waals surface area contributed by atoms with E-state index >= 15 is 0 Å². The normalized spacial score (nSPS) is 16.3. The van der Waals surface area contributed by atoms with E-state index in [0.29, 0.717) is 0 Å². The molecule has 2 heterocycles. The lowest BCUT2D eigenvalue weighted by Gasteiger charge is -2.12. The maximum atomic E-state index is 12.6. The summed E-state index contributed by atoms with van der Waals surface area (Å²) in [5.74, 6) is -1.84. The van der Waals surface area contributed by atoms with Crippen LogP contribution < -0.4 is 4.18 Å². The van der Waals surface area contributed by atoms with Crippen molar-refractivity contribution in [2.45, 2.75) is 16.8 Å². The minimum absolute atomic E-state index is 0.115. The van der Waals surface area contributed by atoms with Crippen molar-refractivity contribution in [2.24, 2.45) is 0 Å². The third-order valence-electron chi connectivity index (χ3n) is 3.38. The zero-order chi connectivity index (χ0) is 19.3. The van der Waals surface area contributed by atoms with Crippen molar-refractivity contribution in [1.82, 2.24) is 9.97 Å². The molecule has 0 saturated heterocycles. The highest BCUT2D eigenvalue weighted by molar-refractivity contribution is 7.92. The number of aromatic nitrogens is 2. The number of alkyl halides is 3. The standard InChI is InChI=1S/C13H8ClF3N2O5S2/c14-8-3-1-2-7(6-8)11-18-9-4-5-25(20,21)10(9)12(19-11)24-26(22,23)13(15,16)17/h1-3,6H,4-5H2. The molecule has 1 aliphatic rings. The molecule has 1 aromatic heterocycles. The molecule has 0 N–H and O–H groups in total. The molecule has 0 amide bonds. The summed E-state index contributed by atoms with van der Waals surface area (Å²) < 4.78 is 88.6. The van der Waals surface area contributed by atoms with Gasteiger partial charge in [-0.1, -0.05) is 23.7 Å². The smallest absolute Gasteiger partial charge is 0.354 e. The van der Waals surface area contributed by atoms with Gasteiger partial charge in [-0.15, -0.1) is 0 Å². The Morgan fingerprint density at radius 2 is 1.88 bits per heavy atom. The second-order valence-corrected chi connectivity index (χ2v) is 9.21. The summed E-state index contributed by atoms with van der Waals surface area (Å²) in [6.45, 7) is 0. The lowest BCUT2D eigenvalue weighted by atomic mass is 10.2. The molecule has 0 atom stereocenters. The molecular weight excluding hydrogens is 421 g/mol. The van der Waals surface area contributed by atoms with Gasteiger partial charge in [-0.2, -0.15) is 26.6 Å². The fraction of sp³-hybridized carbons (Fsp3) is 0.231. The first-order chi connectivity index (χ1) is 11.9. The number of sulfone groups is 1. The summed E-state index contributed by atoms with van der Waals surface area (Å²) in [6, 6.07) is 5.89. The fourth-order valence-corrected chi connectivity index (χ4v) is 4.45. The number of benzene rings is 1. The number of nitrogens with zero attached hydrogens (tertiary/aromatic N) is 2. The zero-order valence-corrected chi connectivity index (χ0v) is 14.9. The van der Waals surface area contributed by atoms with Gasteiger partial charge in [0.1, 0.15) is 0 Å². The number of halogens is 4. The Morgan fingerprint density at radius 3 is 2.50 bits per heavy atom. The molecule has 2 aromatic rings. The lowest BCUT2D eigenvalue weighted by Crippen LogP contribution is -2.29. The predicted molar refractivity (Wildman–Crippen MR) is 83.8 cm³/mol. The van der Waals surface area contributed by atoms with Crippen LogP contribution in [0.4, 0.5) is 13.2 Å². The van der Waals surface area contributed by atoms with E-state index in [9.17, 15) is 30.0 Å². The van der Waals surface area contributed by atoms with E-state index in [2.05, 4.69) is 14.2 Å². The van der Waals surface area contributed by atoms with Gasteiger partial charge in [0.25, 0.3) is 5.88 Å².